The molecule has 2 nitrogen and oxygen atoms in total. The molecule has 0 amide bonds. The lowest BCUT2D eigenvalue weighted by Gasteiger charge is -2.25. The van der Waals surface area contributed by atoms with Gasteiger partial charge in [0, 0.05) is 25.3 Å². The molecule has 0 unspecified atom stereocenters. The Morgan fingerprint density at radius 2 is 1.93 bits per heavy atom. The molecule has 0 fully saturated rings. The van der Waals surface area contributed by atoms with Crippen LogP contribution in [-0.2, 0) is 6.54 Å². The third kappa shape index (κ3) is 3.24. The first-order valence-corrected chi connectivity index (χ1v) is 5.80. The van der Waals surface area contributed by atoms with E-state index in [0.717, 1.165) is 19.6 Å². The molecule has 0 aliphatic heterocycles. The monoisotopic (exact) mass is 206 g/mol. The number of hydrogen-bond donors (Lipinski definition) is 1. The Kier molecular flexibility index (Phi) is 5.19. The second kappa shape index (κ2) is 6.46. The van der Waals surface area contributed by atoms with Crippen LogP contribution in [0.2, 0.25) is 0 Å². The maximum Gasteiger partial charge on any atom is 0.0411 e. The number of para-hydroxylation sites is 1. The molecular formula is C13H22N2. The van der Waals surface area contributed by atoms with Crippen molar-refractivity contribution in [1.82, 2.24) is 5.32 Å². The van der Waals surface area contributed by atoms with Gasteiger partial charge in [0.25, 0.3) is 0 Å². The minimum absolute atomic E-state index is 0.941. The molecule has 0 heterocycles. The molecule has 0 bridgehead atoms. The summed E-state index contributed by atoms with van der Waals surface area (Å²) in [6.07, 6.45) is 1.20. The minimum atomic E-state index is 0.941. The van der Waals surface area contributed by atoms with Crippen LogP contribution in [0.5, 0.6) is 0 Å². The second-order valence-electron chi connectivity index (χ2n) is 3.74. The fourth-order valence-electron chi connectivity index (χ4n) is 1.88. The SMILES string of the molecule is CCCN(CC)c1ccccc1CNC. The third-order valence-corrected chi connectivity index (χ3v) is 2.57. The smallest absolute Gasteiger partial charge is 0.0411 e. The van der Waals surface area contributed by atoms with E-state index < -0.39 is 0 Å². The average Bonchev–Trinajstić information content (AvgIpc) is 2.27. The van der Waals surface area contributed by atoms with Crippen molar-refractivity contribution in [2.45, 2.75) is 26.8 Å². The number of hydrogen-bond acceptors (Lipinski definition) is 2. The lowest BCUT2D eigenvalue weighted by atomic mass is 10.1. The van der Waals surface area contributed by atoms with Gasteiger partial charge in [-0.2, -0.15) is 0 Å². The van der Waals surface area contributed by atoms with Crippen molar-refractivity contribution in [2.24, 2.45) is 0 Å². The Morgan fingerprint density at radius 1 is 1.20 bits per heavy atom. The summed E-state index contributed by atoms with van der Waals surface area (Å²) >= 11 is 0. The zero-order chi connectivity index (χ0) is 11.1. The molecule has 1 N–H and O–H groups in total. The van der Waals surface area contributed by atoms with Crippen LogP contribution in [0.25, 0.3) is 0 Å². The fourth-order valence-corrected chi connectivity index (χ4v) is 1.88. The highest BCUT2D eigenvalue weighted by Crippen LogP contribution is 2.20. The zero-order valence-electron chi connectivity index (χ0n) is 10.1. The molecule has 0 aliphatic carbocycles. The van der Waals surface area contributed by atoms with Gasteiger partial charge in [-0.1, -0.05) is 25.1 Å². The van der Waals surface area contributed by atoms with E-state index in [1.54, 1.807) is 0 Å². The first kappa shape index (κ1) is 12.1. The van der Waals surface area contributed by atoms with Crippen LogP contribution in [0, 0.1) is 0 Å². The highest BCUT2D eigenvalue weighted by Gasteiger charge is 2.07. The van der Waals surface area contributed by atoms with Gasteiger partial charge in [0.15, 0.2) is 0 Å². The molecule has 15 heavy (non-hydrogen) atoms. The molecule has 0 atom stereocenters. The van der Waals surface area contributed by atoms with Crippen molar-refractivity contribution >= 4 is 5.69 Å². The maximum atomic E-state index is 3.22. The lowest BCUT2D eigenvalue weighted by Crippen LogP contribution is -2.25. The summed E-state index contributed by atoms with van der Waals surface area (Å²) in [4.78, 5) is 2.44. The molecule has 0 aliphatic rings. The Bertz CT molecular complexity index is 284. The highest BCUT2D eigenvalue weighted by atomic mass is 15.1. The normalized spacial score (nSPS) is 10.3. The highest BCUT2D eigenvalue weighted by molar-refractivity contribution is 5.53. The maximum absolute atomic E-state index is 3.22. The van der Waals surface area contributed by atoms with E-state index in [2.05, 4.69) is 48.3 Å². The van der Waals surface area contributed by atoms with E-state index in [9.17, 15) is 0 Å². The number of nitrogens with zero attached hydrogens (tertiary/aromatic N) is 1. The zero-order valence-corrected chi connectivity index (χ0v) is 10.1. The van der Waals surface area contributed by atoms with Crippen molar-refractivity contribution in [3.63, 3.8) is 0 Å². The molecular weight excluding hydrogens is 184 g/mol. The second-order valence-corrected chi connectivity index (χ2v) is 3.74. The molecule has 2 heteroatoms. The Hall–Kier alpha value is -1.02. The predicted octanol–water partition coefficient (Wildman–Crippen LogP) is 2.64. The van der Waals surface area contributed by atoms with Crippen LogP contribution in [-0.4, -0.2) is 20.1 Å². The first-order chi connectivity index (χ1) is 7.33. The molecule has 0 spiro atoms. The number of benzene rings is 1. The van der Waals surface area contributed by atoms with Gasteiger partial charge >= 0.3 is 0 Å². The van der Waals surface area contributed by atoms with Crippen molar-refractivity contribution in [2.75, 3.05) is 25.0 Å². The largest absolute Gasteiger partial charge is 0.372 e. The summed E-state index contributed by atoms with van der Waals surface area (Å²) in [5.74, 6) is 0. The molecule has 0 saturated carbocycles. The van der Waals surface area contributed by atoms with Gasteiger partial charge in [-0.15, -0.1) is 0 Å². The molecule has 0 aromatic heterocycles. The van der Waals surface area contributed by atoms with Gasteiger partial charge in [0.2, 0.25) is 0 Å². The van der Waals surface area contributed by atoms with Gasteiger partial charge < -0.3 is 10.2 Å². The molecule has 84 valence electrons. The Labute approximate surface area is 93.3 Å². The summed E-state index contributed by atoms with van der Waals surface area (Å²) in [6, 6.07) is 8.64. The fraction of sp³-hybridized carbons (Fsp3) is 0.538. The standard InChI is InChI=1S/C13H22N2/c1-4-10-15(5-2)13-9-7-6-8-12(13)11-14-3/h6-9,14H,4-5,10-11H2,1-3H3. The van der Waals surface area contributed by atoms with E-state index >= 15 is 0 Å². The summed E-state index contributed by atoms with van der Waals surface area (Å²) in [5.41, 5.74) is 2.76. The predicted molar refractivity (Wildman–Crippen MR) is 67.4 cm³/mol. The Morgan fingerprint density at radius 3 is 2.53 bits per heavy atom. The number of rotatable bonds is 6. The van der Waals surface area contributed by atoms with Crippen molar-refractivity contribution in [3.8, 4) is 0 Å². The van der Waals surface area contributed by atoms with Crippen LogP contribution >= 0.6 is 0 Å². The van der Waals surface area contributed by atoms with Gasteiger partial charge in [-0.3, -0.25) is 0 Å². The van der Waals surface area contributed by atoms with Crippen molar-refractivity contribution < 1.29 is 0 Å². The summed E-state index contributed by atoms with van der Waals surface area (Å²) < 4.78 is 0. The Balaban J connectivity index is 2.88. The van der Waals surface area contributed by atoms with E-state index in [1.165, 1.54) is 17.7 Å². The topological polar surface area (TPSA) is 15.3 Å². The van der Waals surface area contributed by atoms with Crippen molar-refractivity contribution in [1.29, 1.82) is 0 Å². The van der Waals surface area contributed by atoms with Crippen LogP contribution in [0.3, 0.4) is 0 Å². The minimum Gasteiger partial charge on any atom is -0.372 e. The molecule has 0 saturated heterocycles. The molecule has 1 rings (SSSR count). The lowest BCUT2D eigenvalue weighted by molar-refractivity contribution is 0.767. The number of anilines is 1. The van der Waals surface area contributed by atoms with E-state index in [1.807, 2.05) is 7.05 Å². The van der Waals surface area contributed by atoms with Crippen molar-refractivity contribution in [3.05, 3.63) is 29.8 Å². The van der Waals surface area contributed by atoms with Crippen LogP contribution in [0.15, 0.2) is 24.3 Å². The summed E-state index contributed by atoms with van der Waals surface area (Å²) in [5, 5.41) is 3.22. The first-order valence-electron chi connectivity index (χ1n) is 5.80. The van der Waals surface area contributed by atoms with E-state index in [0.29, 0.717) is 0 Å². The third-order valence-electron chi connectivity index (χ3n) is 2.57. The van der Waals surface area contributed by atoms with Gasteiger partial charge in [0.1, 0.15) is 0 Å². The van der Waals surface area contributed by atoms with Crippen LogP contribution < -0.4 is 10.2 Å². The summed E-state index contributed by atoms with van der Waals surface area (Å²) in [6.45, 7) is 7.59. The van der Waals surface area contributed by atoms with Crippen LogP contribution in [0.1, 0.15) is 25.8 Å². The van der Waals surface area contributed by atoms with E-state index in [-0.39, 0.29) is 0 Å². The van der Waals surface area contributed by atoms with Gasteiger partial charge in [-0.05, 0) is 32.0 Å². The van der Waals surface area contributed by atoms with E-state index in [4.69, 9.17) is 0 Å². The quantitative estimate of drug-likeness (QED) is 0.769. The van der Waals surface area contributed by atoms with Crippen LogP contribution in [0.4, 0.5) is 5.69 Å². The number of nitrogens with one attached hydrogen (secondary N) is 1. The van der Waals surface area contributed by atoms with Gasteiger partial charge in [0.05, 0.1) is 0 Å². The average molecular weight is 206 g/mol. The van der Waals surface area contributed by atoms with Gasteiger partial charge in [-0.25, -0.2) is 0 Å². The summed E-state index contributed by atoms with van der Waals surface area (Å²) in [7, 11) is 1.99. The molecule has 0 radical (unpaired) electrons. The molecule has 1 aromatic carbocycles. The molecule has 1 aromatic rings.